The average molecular weight is 625 g/mol. The van der Waals surface area contributed by atoms with Crippen LogP contribution >= 0.6 is 0 Å². The highest BCUT2D eigenvalue weighted by atomic mass is 19.4. The first-order chi connectivity index (χ1) is 20.8. The number of esters is 1. The Morgan fingerprint density at radius 1 is 0.795 bits per heavy atom. The van der Waals surface area contributed by atoms with Crippen LogP contribution < -0.4 is 14.8 Å². The molecule has 3 aromatic carbocycles. The van der Waals surface area contributed by atoms with Crippen LogP contribution in [0.2, 0.25) is 0 Å². The van der Waals surface area contributed by atoms with Crippen molar-refractivity contribution in [1.82, 2.24) is 10.2 Å². The molecule has 0 bridgehead atoms. The molecule has 0 aliphatic carbocycles. The van der Waals surface area contributed by atoms with E-state index in [0.29, 0.717) is 18.4 Å². The van der Waals surface area contributed by atoms with Gasteiger partial charge in [-0.2, -0.15) is 0 Å². The number of amides is 2. The topological polar surface area (TPSA) is 77.1 Å². The third-order valence-electron chi connectivity index (χ3n) is 7.16. The van der Waals surface area contributed by atoms with Gasteiger partial charge in [0.15, 0.2) is 0 Å². The smallest absolute Gasteiger partial charge is 0.466 e. The number of hydrogen-bond donors (Lipinski definition) is 1. The lowest BCUT2D eigenvalue weighted by molar-refractivity contribution is -0.275. The summed E-state index contributed by atoms with van der Waals surface area (Å²) in [5, 5.41) is 2.93. The Morgan fingerprint density at radius 2 is 1.32 bits per heavy atom. The molecule has 0 radical (unpaired) electrons. The molecule has 13 heteroatoms. The van der Waals surface area contributed by atoms with E-state index in [0.717, 1.165) is 24.3 Å². The molecule has 0 saturated carbocycles. The SMILES string of the molecule is CCOC(=O)C1CCN(C(=O)NC(Cc2ccccc2)(c2cccc(OC(F)(F)F)c2)c2cccc(OC(F)(F)F)c2)CC1. The number of nitrogens with zero attached hydrogens (tertiary/aromatic N) is 1. The summed E-state index contributed by atoms with van der Waals surface area (Å²) in [5.41, 5.74) is -0.853. The molecule has 2 amide bonds. The number of likely N-dealkylation sites (tertiary alicyclic amines) is 1. The summed E-state index contributed by atoms with van der Waals surface area (Å²) in [7, 11) is 0. The van der Waals surface area contributed by atoms with Crippen LogP contribution in [0.1, 0.15) is 36.5 Å². The van der Waals surface area contributed by atoms with Crippen LogP contribution in [-0.2, 0) is 21.5 Å². The number of piperidine rings is 1. The highest BCUT2D eigenvalue weighted by molar-refractivity contribution is 5.78. The molecule has 3 aromatic rings. The maximum atomic E-state index is 13.9. The summed E-state index contributed by atoms with van der Waals surface area (Å²) >= 11 is 0. The van der Waals surface area contributed by atoms with E-state index in [1.807, 2.05) is 0 Å². The predicted molar refractivity (Wildman–Crippen MR) is 147 cm³/mol. The number of carbonyl (C=O) groups is 2. The first-order valence-electron chi connectivity index (χ1n) is 13.8. The highest BCUT2D eigenvalue weighted by Crippen LogP contribution is 2.39. The van der Waals surface area contributed by atoms with Gasteiger partial charge in [0.1, 0.15) is 11.5 Å². The van der Waals surface area contributed by atoms with Crippen LogP contribution in [-0.4, -0.2) is 49.3 Å². The second kappa shape index (κ2) is 13.5. The molecule has 1 N–H and O–H groups in total. The fourth-order valence-electron chi connectivity index (χ4n) is 5.22. The molecule has 0 unspecified atom stereocenters. The number of nitrogens with one attached hydrogen (secondary N) is 1. The summed E-state index contributed by atoms with van der Waals surface area (Å²) in [6.07, 6.45) is -9.46. The lowest BCUT2D eigenvalue weighted by Gasteiger charge is -2.40. The molecule has 4 rings (SSSR count). The van der Waals surface area contributed by atoms with Crippen LogP contribution in [0.3, 0.4) is 0 Å². The third kappa shape index (κ3) is 8.57. The van der Waals surface area contributed by atoms with Crippen molar-refractivity contribution >= 4 is 12.0 Å². The van der Waals surface area contributed by atoms with Gasteiger partial charge in [-0.25, -0.2) is 4.79 Å². The predicted octanol–water partition coefficient (Wildman–Crippen LogP) is 6.95. The monoisotopic (exact) mass is 624 g/mol. The Kier molecular flexibility index (Phi) is 9.95. The first-order valence-corrected chi connectivity index (χ1v) is 13.8. The summed E-state index contributed by atoms with van der Waals surface area (Å²) in [4.78, 5) is 27.5. The van der Waals surface area contributed by atoms with E-state index in [-0.39, 0.29) is 43.2 Å². The number of ether oxygens (including phenoxy) is 3. The number of benzene rings is 3. The summed E-state index contributed by atoms with van der Waals surface area (Å²) in [6, 6.07) is 17.8. The number of hydrogen-bond acceptors (Lipinski definition) is 5. The molecule has 1 heterocycles. The summed E-state index contributed by atoms with van der Waals surface area (Å²) in [5.74, 6) is -1.94. The zero-order chi connectivity index (χ0) is 32.0. The maximum Gasteiger partial charge on any atom is 0.573 e. The van der Waals surface area contributed by atoms with Crippen molar-refractivity contribution in [2.75, 3.05) is 19.7 Å². The third-order valence-corrected chi connectivity index (χ3v) is 7.16. The maximum absolute atomic E-state index is 13.9. The molecule has 1 aliphatic heterocycles. The van der Waals surface area contributed by atoms with Crippen LogP contribution in [0.25, 0.3) is 0 Å². The molecule has 7 nitrogen and oxygen atoms in total. The van der Waals surface area contributed by atoms with Crippen LogP contribution in [0.4, 0.5) is 31.1 Å². The van der Waals surface area contributed by atoms with E-state index < -0.39 is 41.7 Å². The molecule has 1 fully saturated rings. The van der Waals surface area contributed by atoms with Crippen LogP contribution in [0.5, 0.6) is 11.5 Å². The molecule has 1 saturated heterocycles. The van der Waals surface area contributed by atoms with Crippen molar-refractivity contribution in [2.24, 2.45) is 5.92 Å². The fraction of sp³-hybridized carbons (Fsp3) is 0.355. The second-order valence-electron chi connectivity index (χ2n) is 10.2. The van der Waals surface area contributed by atoms with Crippen molar-refractivity contribution in [1.29, 1.82) is 0 Å². The zero-order valence-corrected chi connectivity index (χ0v) is 23.6. The van der Waals surface area contributed by atoms with Gasteiger partial charge >= 0.3 is 24.7 Å². The highest BCUT2D eigenvalue weighted by Gasteiger charge is 2.41. The molecule has 0 atom stereocenters. The lowest BCUT2D eigenvalue weighted by Crippen LogP contribution is -2.55. The normalized spacial score (nSPS) is 14.6. The van der Waals surface area contributed by atoms with E-state index in [9.17, 15) is 35.9 Å². The van der Waals surface area contributed by atoms with Gasteiger partial charge in [-0.3, -0.25) is 4.79 Å². The van der Waals surface area contributed by atoms with E-state index in [1.165, 1.54) is 29.2 Å². The minimum atomic E-state index is -5.02. The van der Waals surface area contributed by atoms with E-state index in [1.54, 1.807) is 37.3 Å². The van der Waals surface area contributed by atoms with Crippen molar-refractivity contribution in [2.45, 2.75) is 44.4 Å². The van der Waals surface area contributed by atoms with Gasteiger partial charge < -0.3 is 24.4 Å². The van der Waals surface area contributed by atoms with Gasteiger partial charge in [-0.05, 0) is 60.7 Å². The molecule has 44 heavy (non-hydrogen) atoms. The molecule has 0 aromatic heterocycles. The van der Waals surface area contributed by atoms with Crippen molar-refractivity contribution in [3.63, 3.8) is 0 Å². The van der Waals surface area contributed by atoms with Crippen molar-refractivity contribution in [3.05, 3.63) is 95.6 Å². The van der Waals surface area contributed by atoms with Crippen molar-refractivity contribution < 1.29 is 50.1 Å². The van der Waals surface area contributed by atoms with Gasteiger partial charge in [0, 0.05) is 19.5 Å². The van der Waals surface area contributed by atoms with Gasteiger partial charge in [0.2, 0.25) is 0 Å². The second-order valence-corrected chi connectivity index (χ2v) is 10.2. The Hall–Kier alpha value is -4.42. The minimum absolute atomic E-state index is 0.0657. The lowest BCUT2D eigenvalue weighted by atomic mass is 9.77. The molecule has 236 valence electrons. The molecular weight excluding hydrogens is 594 g/mol. The van der Waals surface area contributed by atoms with E-state index in [2.05, 4.69) is 14.8 Å². The number of carbonyl (C=O) groups excluding carboxylic acids is 2. The standard InChI is InChI=1S/C31H30F6N2O5/c1-2-42-27(40)22-14-16-39(17-15-22)28(41)38-29(20-21-8-4-3-5-9-21,23-10-6-12-25(18-23)43-30(32,33)34)24-11-7-13-26(19-24)44-31(35,36)37/h3-13,18-19,22H,2,14-17,20H2,1H3,(H,38,41). The Balaban J connectivity index is 1.81. The van der Waals surface area contributed by atoms with Crippen LogP contribution in [0, 0.1) is 5.92 Å². The van der Waals surface area contributed by atoms with Crippen molar-refractivity contribution in [3.8, 4) is 11.5 Å². The minimum Gasteiger partial charge on any atom is -0.466 e. The first kappa shape index (κ1) is 32.5. The Morgan fingerprint density at radius 3 is 1.80 bits per heavy atom. The fourth-order valence-corrected chi connectivity index (χ4v) is 5.22. The van der Waals surface area contributed by atoms with Gasteiger partial charge in [0.25, 0.3) is 0 Å². The number of urea groups is 1. The van der Waals surface area contributed by atoms with E-state index >= 15 is 0 Å². The van der Waals surface area contributed by atoms with Gasteiger partial charge in [-0.1, -0.05) is 54.6 Å². The molecule has 1 aliphatic rings. The Bertz CT molecular complexity index is 1360. The number of halogens is 6. The van der Waals surface area contributed by atoms with E-state index in [4.69, 9.17) is 4.74 Å². The zero-order valence-electron chi connectivity index (χ0n) is 23.6. The molecular formula is C31H30F6N2O5. The van der Waals surface area contributed by atoms with Crippen LogP contribution in [0.15, 0.2) is 78.9 Å². The van der Waals surface area contributed by atoms with Gasteiger partial charge in [0.05, 0.1) is 18.1 Å². The quantitative estimate of drug-likeness (QED) is 0.206. The van der Waals surface area contributed by atoms with Gasteiger partial charge in [-0.15, -0.1) is 26.3 Å². The number of rotatable bonds is 9. The average Bonchev–Trinajstić information content (AvgIpc) is 2.96. The Labute approximate surface area is 249 Å². The summed E-state index contributed by atoms with van der Waals surface area (Å²) < 4.78 is 92.5. The molecule has 0 spiro atoms. The largest absolute Gasteiger partial charge is 0.573 e. The summed E-state index contributed by atoms with van der Waals surface area (Å²) in [6.45, 7) is 2.25. The number of alkyl halides is 6.